The molecule has 0 unspecified atom stereocenters. The van der Waals surface area contributed by atoms with Crippen molar-refractivity contribution in [1.82, 2.24) is 0 Å². The second-order valence-corrected chi connectivity index (χ2v) is 5.33. The van der Waals surface area contributed by atoms with Crippen molar-refractivity contribution in [3.63, 3.8) is 0 Å². The van der Waals surface area contributed by atoms with E-state index in [1.807, 2.05) is 6.08 Å². The van der Waals surface area contributed by atoms with Gasteiger partial charge in [-0.05, 0) is 42.0 Å². The molecule has 0 atom stereocenters. The van der Waals surface area contributed by atoms with Crippen LogP contribution in [0.25, 0.3) is 5.57 Å². The molecule has 1 amide bonds. The van der Waals surface area contributed by atoms with Crippen LogP contribution in [0.2, 0.25) is 0 Å². The zero-order valence-corrected chi connectivity index (χ0v) is 13.5. The monoisotopic (exact) mass is 341 g/mol. The molecule has 0 aliphatic carbocycles. The Labute approximate surface area is 143 Å². The van der Waals surface area contributed by atoms with Gasteiger partial charge in [-0.15, -0.1) is 0 Å². The number of rotatable bonds is 3. The SMILES string of the molecule is COc1cc(F)ccc1C1=CCOc2ccc(C(=O)N=C(N)N)cc21. The fraction of sp³-hybridized carbons (Fsp3) is 0.111. The molecule has 0 radical (unpaired) electrons. The Bertz CT molecular complexity index is 902. The molecule has 0 aromatic heterocycles. The number of guanidine groups is 1. The number of nitrogens with two attached hydrogens (primary N) is 2. The molecule has 0 fully saturated rings. The Morgan fingerprint density at radius 3 is 2.72 bits per heavy atom. The number of hydrogen-bond donors (Lipinski definition) is 2. The molecule has 0 saturated carbocycles. The van der Waals surface area contributed by atoms with Gasteiger partial charge in [0.15, 0.2) is 5.96 Å². The summed E-state index contributed by atoms with van der Waals surface area (Å²) in [6.07, 6.45) is 1.84. The highest BCUT2D eigenvalue weighted by atomic mass is 19.1. The highest BCUT2D eigenvalue weighted by molar-refractivity contribution is 6.03. The summed E-state index contributed by atoms with van der Waals surface area (Å²) in [6.45, 7) is 0.351. The van der Waals surface area contributed by atoms with Crippen LogP contribution in [-0.4, -0.2) is 25.6 Å². The van der Waals surface area contributed by atoms with Crippen LogP contribution < -0.4 is 20.9 Å². The van der Waals surface area contributed by atoms with Crippen LogP contribution >= 0.6 is 0 Å². The third kappa shape index (κ3) is 3.30. The molecule has 1 heterocycles. The molecule has 0 saturated heterocycles. The maximum Gasteiger partial charge on any atom is 0.280 e. The Balaban J connectivity index is 2.10. The van der Waals surface area contributed by atoms with Crippen molar-refractivity contribution in [2.45, 2.75) is 0 Å². The molecule has 25 heavy (non-hydrogen) atoms. The smallest absolute Gasteiger partial charge is 0.280 e. The Kier molecular flexibility index (Phi) is 4.38. The van der Waals surface area contributed by atoms with Gasteiger partial charge in [-0.1, -0.05) is 0 Å². The van der Waals surface area contributed by atoms with Gasteiger partial charge in [0, 0.05) is 22.8 Å². The third-order valence-electron chi connectivity index (χ3n) is 3.73. The minimum atomic E-state index is -0.557. The summed E-state index contributed by atoms with van der Waals surface area (Å²) < 4.78 is 24.4. The molecule has 1 aliphatic heterocycles. The first-order valence-electron chi connectivity index (χ1n) is 7.45. The standard InChI is InChI=1S/C18H16FN3O3/c1-24-16-9-11(19)3-4-13(16)12-6-7-25-15-5-2-10(8-14(12)15)17(23)22-18(20)21/h2-6,8-9H,7H2,1H3,(H4,20,21,22,23). The van der Waals surface area contributed by atoms with Crippen molar-refractivity contribution in [3.8, 4) is 11.5 Å². The largest absolute Gasteiger partial charge is 0.496 e. The number of aliphatic imine (C=N–C) groups is 1. The third-order valence-corrected chi connectivity index (χ3v) is 3.73. The molecule has 2 aromatic carbocycles. The highest BCUT2D eigenvalue weighted by Crippen LogP contribution is 2.38. The van der Waals surface area contributed by atoms with Crippen molar-refractivity contribution >= 4 is 17.4 Å². The van der Waals surface area contributed by atoms with Gasteiger partial charge in [0.05, 0.1) is 7.11 Å². The molecule has 3 rings (SSSR count). The Morgan fingerprint density at radius 2 is 2.00 bits per heavy atom. The quantitative estimate of drug-likeness (QED) is 0.657. The van der Waals surface area contributed by atoms with Crippen LogP contribution in [-0.2, 0) is 0 Å². The van der Waals surface area contributed by atoms with Crippen LogP contribution in [0.5, 0.6) is 11.5 Å². The fourth-order valence-electron chi connectivity index (χ4n) is 2.65. The van der Waals surface area contributed by atoms with E-state index in [4.69, 9.17) is 20.9 Å². The summed E-state index contributed by atoms with van der Waals surface area (Å²) in [4.78, 5) is 15.6. The first kappa shape index (κ1) is 16.5. The molecule has 4 N–H and O–H groups in total. The second-order valence-electron chi connectivity index (χ2n) is 5.33. The first-order chi connectivity index (χ1) is 12.0. The van der Waals surface area contributed by atoms with E-state index in [0.29, 0.717) is 34.8 Å². The van der Waals surface area contributed by atoms with E-state index in [0.717, 1.165) is 5.57 Å². The average Bonchev–Trinajstić information content (AvgIpc) is 2.60. The summed E-state index contributed by atoms with van der Waals surface area (Å²) in [5.41, 5.74) is 13.0. The van der Waals surface area contributed by atoms with E-state index in [9.17, 15) is 9.18 Å². The van der Waals surface area contributed by atoms with Gasteiger partial charge in [0.2, 0.25) is 0 Å². The maximum atomic E-state index is 13.5. The van der Waals surface area contributed by atoms with E-state index in [1.165, 1.54) is 19.2 Å². The highest BCUT2D eigenvalue weighted by Gasteiger charge is 2.20. The van der Waals surface area contributed by atoms with Gasteiger partial charge < -0.3 is 20.9 Å². The van der Waals surface area contributed by atoms with Crippen molar-refractivity contribution in [1.29, 1.82) is 0 Å². The van der Waals surface area contributed by atoms with Crippen molar-refractivity contribution in [3.05, 3.63) is 65.0 Å². The van der Waals surface area contributed by atoms with Gasteiger partial charge in [-0.2, -0.15) is 4.99 Å². The van der Waals surface area contributed by atoms with Crippen LogP contribution in [0.4, 0.5) is 4.39 Å². The predicted molar refractivity (Wildman–Crippen MR) is 92.1 cm³/mol. The predicted octanol–water partition coefficient (Wildman–Crippen LogP) is 2.07. The van der Waals surface area contributed by atoms with E-state index in [1.54, 1.807) is 24.3 Å². The lowest BCUT2D eigenvalue weighted by molar-refractivity contribution is 0.100. The Morgan fingerprint density at radius 1 is 1.20 bits per heavy atom. The molecule has 0 bridgehead atoms. The maximum absolute atomic E-state index is 13.5. The summed E-state index contributed by atoms with van der Waals surface area (Å²) in [5, 5.41) is 0. The lowest BCUT2D eigenvalue weighted by Crippen LogP contribution is -2.24. The lowest BCUT2D eigenvalue weighted by Gasteiger charge is -2.21. The van der Waals surface area contributed by atoms with Gasteiger partial charge >= 0.3 is 0 Å². The van der Waals surface area contributed by atoms with Crippen molar-refractivity contribution in [2.24, 2.45) is 16.5 Å². The van der Waals surface area contributed by atoms with E-state index in [2.05, 4.69) is 4.99 Å². The molecule has 0 spiro atoms. The minimum Gasteiger partial charge on any atom is -0.496 e. The number of amides is 1. The molecule has 2 aromatic rings. The van der Waals surface area contributed by atoms with Gasteiger partial charge in [0.1, 0.15) is 23.9 Å². The van der Waals surface area contributed by atoms with Crippen LogP contribution in [0, 0.1) is 5.82 Å². The topological polar surface area (TPSA) is 99.9 Å². The Hall–Kier alpha value is -3.35. The number of fused-ring (bicyclic) bond motifs is 1. The average molecular weight is 341 g/mol. The van der Waals surface area contributed by atoms with Gasteiger partial charge in [0.25, 0.3) is 5.91 Å². The van der Waals surface area contributed by atoms with Crippen LogP contribution in [0.15, 0.2) is 47.5 Å². The number of carbonyl (C=O) groups excluding carboxylic acids is 1. The van der Waals surface area contributed by atoms with E-state index in [-0.39, 0.29) is 5.96 Å². The molecule has 7 heteroatoms. The van der Waals surface area contributed by atoms with E-state index >= 15 is 0 Å². The summed E-state index contributed by atoms with van der Waals surface area (Å²) in [5.74, 6) is -0.274. The zero-order valence-electron chi connectivity index (χ0n) is 13.5. The van der Waals surface area contributed by atoms with Gasteiger partial charge in [-0.3, -0.25) is 4.79 Å². The summed E-state index contributed by atoms with van der Waals surface area (Å²) >= 11 is 0. The number of hydrogen-bond acceptors (Lipinski definition) is 3. The number of nitrogens with zero attached hydrogens (tertiary/aromatic N) is 1. The van der Waals surface area contributed by atoms with Gasteiger partial charge in [-0.25, -0.2) is 4.39 Å². The molecule has 128 valence electrons. The molecular formula is C18H16FN3O3. The van der Waals surface area contributed by atoms with Crippen molar-refractivity contribution in [2.75, 3.05) is 13.7 Å². The van der Waals surface area contributed by atoms with Crippen LogP contribution in [0.3, 0.4) is 0 Å². The first-order valence-corrected chi connectivity index (χ1v) is 7.45. The number of carbonyl (C=O) groups is 1. The number of halogens is 1. The number of ether oxygens (including phenoxy) is 2. The lowest BCUT2D eigenvalue weighted by atomic mass is 9.93. The molecule has 1 aliphatic rings. The summed E-state index contributed by atoms with van der Waals surface area (Å²) in [7, 11) is 1.47. The number of methoxy groups -OCH3 is 1. The van der Waals surface area contributed by atoms with Crippen molar-refractivity contribution < 1.29 is 18.7 Å². The normalized spacial score (nSPS) is 12.5. The molecule has 6 nitrogen and oxygen atoms in total. The minimum absolute atomic E-state index is 0.310. The second kappa shape index (κ2) is 6.64. The summed E-state index contributed by atoms with van der Waals surface area (Å²) in [6, 6.07) is 9.17. The van der Waals surface area contributed by atoms with Crippen LogP contribution in [0.1, 0.15) is 21.5 Å². The molecular weight excluding hydrogens is 325 g/mol. The fourth-order valence-corrected chi connectivity index (χ4v) is 2.65. The zero-order chi connectivity index (χ0) is 18.0. The number of benzene rings is 2. The van der Waals surface area contributed by atoms with E-state index < -0.39 is 11.7 Å².